The van der Waals surface area contributed by atoms with E-state index >= 15 is 0 Å². The van der Waals surface area contributed by atoms with E-state index in [4.69, 9.17) is 9.47 Å². The highest BCUT2D eigenvalue weighted by Crippen LogP contribution is 2.33. The minimum absolute atomic E-state index is 0.114. The van der Waals surface area contributed by atoms with Crippen LogP contribution in [0.5, 0.6) is 11.5 Å². The Hall–Kier alpha value is -2.67. The molecule has 2 amide bonds. The monoisotopic (exact) mass is 374 g/mol. The Morgan fingerprint density at radius 1 is 0.923 bits per heavy atom. The summed E-state index contributed by atoms with van der Waals surface area (Å²) in [4.78, 5) is 24.3. The quantitative estimate of drug-likeness (QED) is 0.721. The van der Waals surface area contributed by atoms with Gasteiger partial charge >= 0.3 is 0 Å². The predicted molar refractivity (Wildman–Crippen MR) is 104 cm³/mol. The van der Waals surface area contributed by atoms with Gasteiger partial charge in [-0.1, -0.05) is 0 Å². The summed E-state index contributed by atoms with van der Waals surface area (Å²) >= 11 is 1.43. The molecule has 0 saturated heterocycles. The van der Waals surface area contributed by atoms with Crippen molar-refractivity contribution in [2.75, 3.05) is 24.9 Å². The molecule has 6 nitrogen and oxygen atoms in total. The average molecular weight is 374 g/mol. The molecule has 0 saturated carbocycles. The lowest BCUT2D eigenvalue weighted by Crippen LogP contribution is -2.22. The number of carbonyl (C=O) groups excluding carboxylic acids is 2. The molecule has 7 heteroatoms. The Morgan fingerprint density at radius 3 is 2.04 bits per heavy atom. The Morgan fingerprint density at radius 2 is 1.50 bits per heavy atom. The van der Waals surface area contributed by atoms with Crippen LogP contribution in [0.2, 0.25) is 0 Å². The van der Waals surface area contributed by atoms with Gasteiger partial charge in [-0.2, -0.15) is 0 Å². The van der Waals surface area contributed by atoms with Gasteiger partial charge in [-0.05, 0) is 49.4 Å². The molecule has 0 aliphatic rings. The third-order valence-corrected chi connectivity index (χ3v) is 4.60. The molecule has 2 aromatic carbocycles. The van der Waals surface area contributed by atoms with Gasteiger partial charge in [0.05, 0.1) is 19.5 Å². The van der Waals surface area contributed by atoms with Gasteiger partial charge in [0.1, 0.15) is 0 Å². The van der Waals surface area contributed by atoms with Crippen LogP contribution >= 0.6 is 11.8 Å². The Kier molecular flexibility index (Phi) is 6.91. The Balaban J connectivity index is 1.98. The number of rotatable bonds is 7. The van der Waals surface area contributed by atoms with Crippen LogP contribution in [0.3, 0.4) is 0 Å². The SMILES string of the molecule is COc1ccc(S[C@H](C)C(=O)Nc2ccc(NC(C)=O)cc2)cc1OC. The maximum atomic E-state index is 12.4. The number of amides is 2. The van der Waals surface area contributed by atoms with Gasteiger partial charge in [-0.15, -0.1) is 11.8 Å². The molecule has 2 aromatic rings. The van der Waals surface area contributed by atoms with Crippen molar-refractivity contribution in [2.45, 2.75) is 24.0 Å². The number of thioether (sulfide) groups is 1. The van der Waals surface area contributed by atoms with Crippen molar-refractivity contribution >= 4 is 35.0 Å². The van der Waals surface area contributed by atoms with Crippen molar-refractivity contribution in [3.8, 4) is 11.5 Å². The number of hydrogen-bond donors (Lipinski definition) is 2. The largest absolute Gasteiger partial charge is 0.493 e. The molecule has 0 aromatic heterocycles. The van der Waals surface area contributed by atoms with E-state index in [0.29, 0.717) is 22.9 Å². The fourth-order valence-electron chi connectivity index (χ4n) is 2.23. The number of carbonyl (C=O) groups is 2. The Bertz CT molecular complexity index is 778. The highest BCUT2D eigenvalue weighted by molar-refractivity contribution is 8.00. The van der Waals surface area contributed by atoms with E-state index in [1.165, 1.54) is 18.7 Å². The topological polar surface area (TPSA) is 76.7 Å². The van der Waals surface area contributed by atoms with Gasteiger partial charge in [-0.25, -0.2) is 0 Å². The first-order valence-corrected chi connectivity index (χ1v) is 8.88. The first kappa shape index (κ1) is 19.7. The molecule has 2 N–H and O–H groups in total. The fraction of sp³-hybridized carbons (Fsp3) is 0.263. The second-order valence-electron chi connectivity index (χ2n) is 5.52. The lowest BCUT2D eigenvalue weighted by Gasteiger charge is -2.14. The van der Waals surface area contributed by atoms with Gasteiger partial charge in [0.25, 0.3) is 0 Å². The first-order chi connectivity index (χ1) is 12.4. The second kappa shape index (κ2) is 9.15. The van der Waals surface area contributed by atoms with Gasteiger partial charge in [0.15, 0.2) is 11.5 Å². The summed E-state index contributed by atoms with van der Waals surface area (Å²) in [6.45, 7) is 3.28. The maximum absolute atomic E-state index is 12.4. The average Bonchev–Trinajstić information content (AvgIpc) is 2.62. The molecule has 1 atom stereocenters. The third-order valence-electron chi connectivity index (χ3n) is 3.51. The number of benzene rings is 2. The first-order valence-electron chi connectivity index (χ1n) is 8.00. The predicted octanol–water partition coefficient (Wildman–Crippen LogP) is 3.78. The second-order valence-corrected chi connectivity index (χ2v) is 6.94. The van der Waals surface area contributed by atoms with Crippen molar-refractivity contribution in [1.82, 2.24) is 0 Å². The number of hydrogen-bond acceptors (Lipinski definition) is 5. The minimum Gasteiger partial charge on any atom is -0.493 e. The van der Waals surface area contributed by atoms with Crippen LogP contribution in [0, 0.1) is 0 Å². The molecule has 0 radical (unpaired) electrons. The van der Waals surface area contributed by atoms with Gasteiger partial charge in [0, 0.05) is 23.2 Å². The summed E-state index contributed by atoms with van der Waals surface area (Å²) in [7, 11) is 3.16. The van der Waals surface area contributed by atoms with Gasteiger partial charge < -0.3 is 20.1 Å². The molecule has 0 aliphatic heterocycles. The van der Waals surface area contributed by atoms with Crippen molar-refractivity contribution in [3.63, 3.8) is 0 Å². The van der Waals surface area contributed by atoms with E-state index in [0.717, 1.165) is 4.90 Å². The molecule has 26 heavy (non-hydrogen) atoms. The summed E-state index contributed by atoms with van der Waals surface area (Å²) in [6, 6.07) is 12.5. The molecule has 0 fully saturated rings. The van der Waals surface area contributed by atoms with Crippen LogP contribution in [0.1, 0.15) is 13.8 Å². The van der Waals surface area contributed by atoms with Crippen LogP contribution in [0.25, 0.3) is 0 Å². The van der Waals surface area contributed by atoms with E-state index in [2.05, 4.69) is 10.6 Å². The van der Waals surface area contributed by atoms with Crippen LogP contribution < -0.4 is 20.1 Å². The molecule has 0 spiro atoms. The molecule has 0 aliphatic carbocycles. The van der Waals surface area contributed by atoms with E-state index in [1.54, 1.807) is 38.5 Å². The summed E-state index contributed by atoms with van der Waals surface area (Å²) < 4.78 is 10.5. The van der Waals surface area contributed by atoms with E-state index < -0.39 is 0 Å². The summed E-state index contributed by atoms with van der Waals surface area (Å²) in [5.74, 6) is 1.02. The van der Waals surface area contributed by atoms with Gasteiger partial charge in [0.2, 0.25) is 11.8 Å². The minimum atomic E-state index is -0.303. The zero-order chi connectivity index (χ0) is 19.1. The number of methoxy groups -OCH3 is 2. The molecule has 0 unspecified atom stereocenters. The van der Waals surface area contributed by atoms with Crippen molar-refractivity contribution in [1.29, 1.82) is 0 Å². The standard InChI is InChI=1S/C19H22N2O4S/c1-12(26-16-9-10-17(24-3)18(11-16)25-4)19(23)21-15-7-5-14(6-8-15)20-13(2)22/h5-12H,1-4H3,(H,20,22)(H,21,23)/t12-/m1/s1. The number of ether oxygens (including phenoxy) is 2. The third kappa shape index (κ3) is 5.42. The fourth-order valence-corrected chi connectivity index (χ4v) is 3.13. The van der Waals surface area contributed by atoms with Crippen molar-refractivity contribution in [3.05, 3.63) is 42.5 Å². The summed E-state index contributed by atoms with van der Waals surface area (Å²) in [5, 5.41) is 5.25. The molecular weight excluding hydrogens is 352 g/mol. The smallest absolute Gasteiger partial charge is 0.237 e. The highest BCUT2D eigenvalue weighted by Gasteiger charge is 2.16. The molecule has 138 valence electrons. The lowest BCUT2D eigenvalue weighted by atomic mass is 10.2. The molecule has 0 bridgehead atoms. The molecular formula is C19H22N2O4S. The normalized spacial score (nSPS) is 11.4. The zero-order valence-corrected chi connectivity index (χ0v) is 16.0. The van der Waals surface area contributed by atoms with Crippen LogP contribution in [-0.4, -0.2) is 31.3 Å². The van der Waals surface area contributed by atoms with E-state index in [1.807, 2.05) is 25.1 Å². The molecule has 2 rings (SSSR count). The van der Waals surface area contributed by atoms with Crippen molar-refractivity contribution < 1.29 is 19.1 Å². The Labute approximate surface area is 157 Å². The zero-order valence-electron chi connectivity index (χ0n) is 15.2. The van der Waals surface area contributed by atoms with Crippen LogP contribution in [-0.2, 0) is 9.59 Å². The van der Waals surface area contributed by atoms with Crippen LogP contribution in [0.15, 0.2) is 47.4 Å². The number of nitrogens with one attached hydrogen (secondary N) is 2. The molecule has 0 heterocycles. The summed E-state index contributed by atoms with van der Waals surface area (Å²) in [5.41, 5.74) is 1.35. The van der Waals surface area contributed by atoms with Crippen molar-refractivity contribution in [2.24, 2.45) is 0 Å². The maximum Gasteiger partial charge on any atom is 0.237 e. The summed E-state index contributed by atoms with van der Waals surface area (Å²) in [6.07, 6.45) is 0. The van der Waals surface area contributed by atoms with Crippen LogP contribution in [0.4, 0.5) is 11.4 Å². The highest BCUT2D eigenvalue weighted by atomic mass is 32.2. The van der Waals surface area contributed by atoms with E-state index in [-0.39, 0.29) is 17.1 Å². The van der Waals surface area contributed by atoms with Gasteiger partial charge in [-0.3, -0.25) is 9.59 Å². The van der Waals surface area contributed by atoms with E-state index in [9.17, 15) is 9.59 Å². The number of anilines is 2. The lowest BCUT2D eigenvalue weighted by molar-refractivity contribution is -0.115.